The molecule has 34 heavy (non-hydrogen) atoms. The molecule has 1 fully saturated rings. The van der Waals surface area contributed by atoms with Crippen LogP contribution in [0.2, 0.25) is 0 Å². The lowest BCUT2D eigenvalue weighted by atomic mass is 10.1. The van der Waals surface area contributed by atoms with Gasteiger partial charge in [0.25, 0.3) is 5.91 Å². The summed E-state index contributed by atoms with van der Waals surface area (Å²) in [7, 11) is 0. The Kier molecular flexibility index (Phi) is 7.90. The number of primary amides is 1. The van der Waals surface area contributed by atoms with Crippen molar-refractivity contribution in [1.82, 2.24) is 10.2 Å². The van der Waals surface area contributed by atoms with E-state index in [1.54, 1.807) is 0 Å². The van der Waals surface area contributed by atoms with E-state index in [0.717, 1.165) is 43.7 Å². The molecule has 0 aromatic heterocycles. The first-order chi connectivity index (χ1) is 16.0. The molecule has 0 aliphatic carbocycles. The molecule has 2 aliphatic rings. The van der Waals surface area contributed by atoms with Gasteiger partial charge in [-0.05, 0) is 60.3 Å². The predicted octanol–water partition coefficient (Wildman–Crippen LogP) is 2.63. The summed E-state index contributed by atoms with van der Waals surface area (Å²) in [5.74, 6) is -3.13. The van der Waals surface area contributed by atoms with E-state index in [-0.39, 0.29) is 17.9 Å². The highest BCUT2D eigenvalue weighted by atomic mass is 19.4. The lowest BCUT2D eigenvalue weighted by Crippen LogP contribution is -2.39. The summed E-state index contributed by atoms with van der Waals surface area (Å²) >= 11 is 0. The van der Waals surface area contributed by atoms with Gasteiger partial charge in [-0.3, -0.25) is 14.5 Å². The van der Waals surface area contributed by atoms with Gasteiger partial charge in [0.05, 0.1) is 6.04 Å². The minimum Gasteiger partial charge on any atom is -0.475 e. The van der Waals surface area contributed by atoms with Crippen molar-refractivity contribution in [3.05, 3.63) is 64.7 Å². The second-order valence-electron chi connectivity index (χ2n) is 8.08. The first-order valence-electron chi connectivity index (χ1n) is 10.6. The van der Waals surface area contributed by atoms with E-state index in [4.69, 9.17) is 15.6 Å². The molecule has 4 rings (SSSR count). The number of carboxylic acid groups (broad SMARTS) is 1. The molecule has 1 saturated heterocycles. The molecule has 11 heteroatoms. The number of alkyl halides is 3. The van der Waals surface area contributed by atoms with Gasteiger partial charge in [0.2, 0.25) is 5.91 Å². The number of halogens is 3. The van der Waals surface area contributed by atoms with Crippen molar-refractivity contribution in [2.75, 3.05) is 11.9 Å². The fraction of sp³-hybridized carbons (Fsp3) is 0.348. The quantitative estimate of drug-likeness (QED) is 0.524. The Morgan fingerprint density at radius 3 is 2.50 bits per heavy atom. The van der Waals surface area contributed by atoms with Crippen LogP contribution in [0.1, 0.15) is 39.9 Å². The summed E-state index contributed by atoms with van der Waals surface area (Å²) < 4.78 is 31.7. The van der Waals surface area contributed by atoms with Crippen LogP contribution in [0.15, 0.2) is 42.5 Å². The number of nitrogens with two attached hydrogens (primary N) is 1. The van der Waals surface area contributed by atoms with E-state index in [1.807, 2.05) is 42.5 Å². The van der Waals surface area contributed by atoms with Gasteiger partial charge < -0.3 is 21.5 Å². The maximum Gasteiger partial charge on any atom is 0.490 e. The molecule has 0 radical (unpaired) electrons. The van der Waals surface area contributed by atoms with Crippen LogP contribution in [0.5, 0.6) is 0 Å². The summed E-state index contributed by atoms with van der Waals surface area (Å²) in [6, 6.07) is 13.4. The maximum atomic E-state index is 12.6. The molecule has 1 atom stereocenters. The number of hydrogen-bond donors (Lipinski definition) is 4. The van der Waals surface area contributed by atoms with Crippen LogP contribution < -0.4 is 16.4 Å². The molecule has 2 aromatic carbocycles. The van der Waals surface area contributed by atoms with Crippen molar-refractivity contribution >= 4 is 23.5 Å². The molecular formula is C23H25F3N4O4. The van der Waals surface area contributed by atoms with Gasteiger partial charge in [-0.25, -0.2) is 4.79 Å². The zero-order valence-electron chi connectivity index (χ0n) is 18.2. The molecule has 1 unspecified atom stereocenters. The number of rotatable bonds is 5. The Hall–Kier alpha value is -3.44. The molecule has 8 nitrogen and oxygen atoms in total. The highest BCUT2D eigenvalue weighted by Crippen LogP contribution is 2.22. The van der Waals surface area contributed by atoms with Crippen molar-refractivity contribution in [1.29, 1.82) is 0 Å². The normalized spacial score (nSPS) is 17.4. The molecule has 2 heterocycles. The highest BCUT2D eigenvalue weighted by molar-refractivity contribution is 6.04. The smallest absolute Gasteiger partial charge is 0.475 e. The SMILES string of the molecule is NC(=O)C1CCCN1Cc1cccc(NC(=O)c2ccc3c(c2)CNC3)c1.O=C(O)C(F)(F)F. The van der Waals surface area contributed by atoms with Gasteiger partial charge in [-0.15, -0.1) is 0 Å². The zero-order chi connectivity index (χ0) is 24.9. The monoisotopic (exact) mass is 478 g/mol. The standard InChI is InChI=1S/C21H24N4O2.C2HF3O2/c22-20(26)19-5-2-8-25(19)13-14-3-1-4-18(9-14)24-21(27)15-6-7-16-11-23-12-17(16)10-15;3-2(4,5)1(6)7/h1,3-4,6-7,9-10,19,23H,2,5,8,11-13H2,(H2,22,26)(H,24,27);(H,6,7). The second-order valence-corrected chi connectivity index (χ2v) is 8.08. The largest absolute Gasteiger partial charge is 0.490 e. The first kappa shape index (κ1) is 25.2. The Morgan fingerprint density at radius 1 is 1.12 bits per heavy atom. The van der Waals surface area contributed by atoms with Crippen LogP contribution in [0.4, 0.5) is 18.9 Å². The van der Waals surface area contributed by atoms with Crippen LogP contribution in [0.25, 0.3) is 0 Å². The van der Waals surface area contributed by atoms with E-state index < -0.39 is 12.1 Å². The zero-order valence-corrected chi connectivity index (χ0v) is 18.2. The minimum atomic E-state index is -5.08. The van der Waals surface area contributed by atoms with Crippen LogP contribution in [-0.4, -0.2) is 46.6 Å². The summed E-state index contributed by atoms with van der Waals surface area (Å²) in [6.07, 6.45) is -3.28. The number of fused-ring (bicyclic) bond motifs is 1. The lowest BCUT2D eigenvalue weighted by Gasteiger charge is -2.22. The number of nitrogens with zero attached hydrogens (tertiary/aromatic N) is 1. The molecule has 0 saturated carbocycles. The number of aliphatic carboxylic acids is 1. The molecular weight excluding hydrogens is 453 g/mol. The minimum absolute atomic E-state index is 0.113. The molecule has 182 valence electrons. The fourth-order valence-corrected chi connectivity index (χ4v) is 3.96. The fourth-order valence-electron chi connectivity index (χ4n) is 3.96. The Balaban J connectivity index is 0.000000406. The molecule has 2 aliphatic heterocycles. The number of anilines is 1. The van der Waals surface area contributed by atoms with Gasteiger partial charge in [0.1, 0.15) is 0 Å². The molecule has 5 N–H and O–H groups in total. The van der Waals surface area contributed by atoms with E-state index in [1.165, 1.54) is 11.1 Å². The number of carbonyl (C=O) groups excluding carboxylic acids is 2. The third kappa shape index (κ3) is 6.55. The van der Waals surface area contributed by atoms with Crippen LogP contribution in [0.3, 0.4) is 0 Å². The van der Waals surface area contributed by atoms with Gasteiger partial charge >= 0.3 is 12.1 Å². The Morgan fingerprint density at radius 2 is 1.82 bits per heavy atom. The van der Waals surface area contributed by atoms with Crippen molar-refractivity contribution < 1.29 is 32.7 Å². The van der Waals surface area contributed by atoms with E-state index in [2.05, 4.69) is 15.5 Å². The number of carboxylic acids is 1. The third-order valence-corrected chi connectivity index (χ3v) is 5.60. The lowest BCUT2D eigenvalue weighted by molar-refractivity contribution is -0.192. The predicted molar refractivity (Wildman–Crippen MR) is 118 cm³/mol. The summed E-state index contributed by atoms with van der Waals surface area (Å²) in [6.45, 7) is 3.19. The third-order valence-electron chi connectivity index (χ3n) is 5.60. The molecule has 0 spiro atoms. The number of amides is 2. The second kappa shape index (κ2) is 10.7. The number of likely N-dealkylation sites (tertiary alicyclic amines) is 1. The van der Waals surface area contributed by atoms with Crippen LogP contribution in [-0.2, 0) is 29.2 Å². The topological polar surface area (TPSA) is 125 Å². The number of hydrogen-bond acceptors (Lipinski definition) is 5. The average molecular weight is 478 g/mol. The Labute approximate surface area is 193 Å². The van der Waals surface area contributed by atoms with Gasteiger partial charge in [0, 0.05) is 30.9 Å². The Bertz CT molecular complexity index is 1070. The number of nitrogens with one attached hydrogen (secondary N) is 2. The van der Waals surface area contributed by atoms with Crippen molar-refractivity contribution in [2.45, 2.75) is 44.7 Å². The summed E-state index contributed by atoms with van der Waals surface area (Å²) in [4.78, 5) is 35.2. The maximum absolute atomic E-state index is 12.6. The van der Waals surface area contributed by atoms with E-state index >= 15 is 0 Å². The van der Waals surface area contributed by atoms with Crippen molar-refractivity contribution in [3.8, 4) is 0 Å². The van der Waals surface area contributed by atoms with Gasteiger partial charge in [-0.2, -0.15) is 13.2 Å². The van der Waals surface area contributed by atoms with E-state index in [0.29, 0.717) is 12.1 Å². The molecule has 0 bridgehead atoms. The summed E-state index contributed by atoms with van der Waals surface area (Å²) in [5.41, 5.74) is 10.4. The highest BCUT2D eigenvalue weighted by Gasteiger charge is 2.38. The van der Waals surface area contributed by atoms with Crippen molar-refractivity contribution in [2.24, 2.45) is 5.73 Å². The van der Waals surface area contributed by atoms with Crippen LogP contribution in [0, 0.1) is 0 Å². The van der Waals surface area contributed by atoms with Gasteiger partial charge in [-0.1, -0.05) is 18.2 Å². The number of benzene rings is 2. The van der Waals surface area contributed by atoms with E-state index in [9.17, 15) is 22.8 Å². The van der Waals surface area contributed by atoms with Crippen LogP contribution >= 0.6 is 0 Å². The van der Waals surface area contributed by atoms with Gasteiger partial charge in [0.15, 0.2) is 0 Å². The molecule has 2 aromatic rings. The molecule has 2 amide bonds. The number of carbonyl (C=O) groups is 3. The average Bonchev–Trinajstić information content (AvgIpc) is 3.42. The summed E-state index contributed by atoms with van der Waals surface area (Å²) in [5, 5.41) is 13.4. The van der Waals surface area contributed by atoms with Crippen molar-refractivity contribution in [3.63, 3.8) is 0 Å². The first-order valence-corrected chi connectivity index (χ1v) is 10.6.